The first-order chi connectivity index (χ1) is 12.4. The van der Waals surface area contributed by atoms with Gasteiger partial charge in [-0.05, 0) is 38.1 Å². The molecule has 0 aliphatic rings. The second-order valence-electron chi connectivity index (χ2n) is 5.40. The summed E-state index contributed by atoms with van der Waals surface area (Å²) in [6, 6.07) is 10.4. The number of carbonyl (C=O) groups is 2. The molecule has 0 aliphatic carbocycles. The maximum absolute atomic E-state index is 12.6. The van der Waals surface area contributed by atoms with Gasteiger partial charge in [-0.25, -0.2) is 0 Å². The van der Waals surface area contributed by atoms with Crippen LogP contribution in [0.25, 0.3) is 0 Å². The lowest BCUT2D eigenvalue weighted by Gasteiger charge is -2.20. The Labute approximate surface area is 155 Å². The number of nitrogens with one attached hydrogen (secondary N) is 1. The van der Waals surface area contributed by atoms with Crippen molar-refractivity contribution in [1.29, 1.82) is 0 Å². The van der Waals surface area contributed by atoms with Gasteiger partial charge in [0.15, 0.2) is 0 Å². The average molecular weight is 376 g/mol. The van der Waals surface area contributed by atoms with Crippen molar-refractivity contribution in [2.75, 3.05) is 18.4 Å². The summed E-state index contributed by atoms with van der Waals surface area (Å²) in [5, 5.41) is 13.6. The average Bonchev–Trinajstić information content (AvgIpc) is 2.63. The van der Waals surface area contributed by atoms with Crippen LogP contribution in [0.5, 0.6) is 0 Å². The fraction of sp³-hybridized carbons (Fsp3) is 0.222. The lowest BCUT2D eigenvalue weighted by Crippen LogP contribution is -2.31. The molecule has 7 nitrogen and oxygen atoms in total. The number of rotatable bonds is 6. The van der Waals surface area contributed by atoms with Gasteiger partial charge in [0.05, 0.1) is 16.2 Å². The number of nitro benzene ring substituents is 1. The Hall–Kier alpha value is -2.93. The van der Waals surface area contributed by atoms with E-state index in [9.17, 15) is 19.7 Å². The first-order valence-corrected chi connectivity index (χ1v) is 8.40. The highest BCUT2D eigenvalue weighted by Gasteiger charge is 2.20. The van der Waals surface area contributed by atoms with Gasteiger partial charge in [0.1, 0.15) is 5.02 Å². The zero-order chi connectivity index (χ0) is 19.3. The molecule has 0 spiro atoms. The lowest BCUT2D eigenvalue weighted by atomic mass is 10.1. The Morgan fingerprint density at radius 3 is 2.42 bits per heavy atom. The number of hydrogen-bond acceptors (Lipinski definition) is 4. The smallest absolute Gasteiger partial charge is 0.288 e. The normalized spacial score (nSPS) is 10.3. The van der Waals surface area contributed by atoms with E-state index in [1.165, 1.54) is 12.1 Å². The van der Waals surface area contributed by atoms with Gasteiger partial charge < -0.3 is 10.2 Å². The molecule has 0 aliphatic heterocycles. The maximum atomic E-state index is 12.6. The van der Waals surface area contributed by atoms with E-state index in [2.05, 4.69) is 5.32 Å². The van der Waals surface area contributed by atoms with E-state index in [1.807, 2.05) is 13.8 Å². The number of nitro groups is 1. The van der Waals surface area contributed by atoms with Gasteiger partial charge in [0.25, 0.3) is 17.5 Å². The van der Waals surface area contributed by atoms with Crippen LogP contribution in [0.15, 0.2) is 42.5 Å². The number of hydrogen-bond donors (Lipinski definition) is 1. The molecule has 1 N–H and O–H groups in total. The van der Waals surface area contributed by atoms with E-state index in [4.69, 9.17) is 11.6 Å². The van der Waals surface area contributed by atoms with Gasteiger partial charge in [-0.1, -0.05) is 23.7 Å². The summed E-state index contributed by atoms with van der Waals surface area (Å²) in [5.41, 5.74) is 0.415. The Kier molecular flexibility index (Phi) is 6.30. The minimum Gasteiger partial charge on any atom is -0.339 e. The molecule has 0 unspecified atom stereocenters. The Balaban J connectivity index is 2.32. The van der Waals surface area contributed by atoms with Gasteiger partial charge in [-0.2, -0.15) is 0 Å². The molecule has 2 rings (SSSR count). The summed E-state index contributed by atoms with van der Waals surface area (Å²) in [6.07, 6.45) is 0. The molecule has 0 atom stereocenters. The zero-order valence-corrected chi connectivity index (χ0v) is 15.1. The first-order valence-electron chi connectivity index (χ1n) is 8.02. The largest absolute Gasteiger partial charge is 0.339 e. The van der Waals surface area contributed by atoms with Crippen LogP contribution >= 0.6 is 11.6 Å². The van der Waals surface area contributed by atoms with Crippen LogP contribution in [0.2, 0.25) is 5.02 Å². The van der Waals surface area contributed by atoms with Crippen molar-refractivity contribution in [3.05, 3.63) is 68.7 Å². The number of benzene rings is 2. The summed E-state index contributed by atoms with van der Waals surface area (Å²) in [7, 11) is 0. The van der Waals surface area contributed by atoms with E-state index in [0.717, 1.165) is 6.07 Å². The summed E-state index contributed by atoms with van der Waals surface area (Å²) in [4.78, 5) is 37.0. The highest BCUT2D eigenvalue weighted by atomic mass is 35.5. The minimum atomic E-state index is -0.656. The lowest BCUT2D eigenvalue weighted by molar-refractivity contribution is -0.384. The van der Waals surface area contributed by atoms with Crippen molar-refractivity contribution in [2.45, 2.75) is 13.8 Å². The van der Waals surface area contributed by atoms with Crippen molar-refractivity contribution in [2.24, 2.45) is 0 Å². The molecule has 0 saturated heterocycles. The SMILES string of the molecule is CCN(CC)C(=O)c1ccccc1NC(=O)c1ccc(Cl)c([N+](=O)[O-])c1. The van der Waals surface area contributed by atoms with Crippen LogP contribution in [0.3, 0.4) is 0 Å². The number of amides is 2. The zero-order valence-electron chi connectivity index (χ0n) is 14.4. The molecule has 2 amide bonds. The highest BCUT2D eigenvalue weighted by molar-refractivity contribution is 6.32. The van der Waals surface area contributed by atoms with Crippen LogP contribution in [-0.2, 0) is 0 Å². The molecule has 26 heavy (non-hydrogen) atoms. The van der Waals surface area contributed by atoms with Crippen LogP contribution in [-0.4, -0.2) is 34.7 Å². The summed E-state index contributed by atoms with van der Waals surface area (Å²) >= 11 is 5.77. The third kappa shape index (κ3) is 4.18. The molecule has 0 saturated carbocycles. The maximum Gasteiger partial charge on any atom is 0.288 e. The predicted octanol–water partition coefficient (Wildman–Crippen LogP) is 3.98. The summed E-state index contributed by atoms with van der Waals surface area (Å²) < 4.78 is 0. The van der Waals surface area contributed by atoms with Gasteiger partial charge in [-0.15, -0.1) is 0 Å². The van der Waals surface area contributed by atoms with Crippen LogP contribution < -0.4 is 5.32 Å². The molecule has 0 radical (unpaired) electrons. The Morgan fingerprint density at radius 2 is 1.81 bits per heavy atom. The first kappa shape index (κ1) is 19.4. The summed E-state index contributed by atoms with van der Waals surface area (Å²) in [6.45, 7) is 4.83. The van der Waals surface area contributed by atoms with Crippen molar-refractivity contribution in [3.8, 4) is 0 Å². The van der Waals surface area contributed by atoms with E-state index in [-0.39, 0.29) is 22.2 Å². The standard InChI is InChI=1S/C18H18ClN3O4/c1-3-21(4-2)18(24)13-7-5-6-8-15(13)20-17(23)12-9-10-14(19)16(11-12)22(25)26/h5-11H,3-4H2,1-2H3,(H,20,23). The molecule has 136 valence electrons. The van der Waals surface area contributed by atoms with Crippen LogP contribution in [0.1, 0.15) is 34.6 Å². The summed E-state index contributed by atoms with van der Waals surface area (Å²) in [5.74, 6) is -0.766. The van der Waals surface area contributed by atoms with Gasteiger partial charge >= 0.3 is 0 Å². The molecule has 2 aromatic carbocycles. The molecule has 2 aromatic rings. The number of nitrogens with zero attached hydrogens (tertiary/aromatic N) is 2. The van der Waals surface area contributed by atoms with Crippen molar-refractivity contribution < 1.29 is 14.5 Å². The topological polar surface area (TPSA) is 92.6 Å². The molecule has 0 fully saturated rings. The Bertz CT molecular complexity index is 850. The van der Waals surface area contributed by atoms with Crippen LogP contribution in [0.4, 0.5) is 11.4 Å². The number of carbonyl (C=O) groups excluding carboxylic acids is 2. The third-order valence-electron chi connectivity index (χ3n) is 3.86. The molecule has 0 heterocycles. The van der Waals surface area contributed by atoms with Gasteiger partial charge in [-0.3, -0.25) is 19.7 Å². The van der Waals surface area contributed by atoms with E-state index >= 15 is 0 Å². The van der Waals surface area contributed by atoms with Crippen molar-refractivity contribution in [3.63, 3.8) is 0 Å². The molecular weight excluding hydrogens is 358 g/mol. The van der Waals surface area contributed by atoms with Crippen molar-refractivity contribution >= 4 is 34.8 Å². The predicted molar refractivity (Wildman–Crippen MR) is 99.8 cm³/mol. The quantitative estimate of drug-likeness (QED) is 0.610. The highest BCUT2D eigenvalue weighted by Crippen LogP contribution is 2.26. The second kappa shape index (κ2) is 8.44. The van der Waals surface area contributed by atoms with E-state index in [0.29, 0.717) is 24.3 Å². The number of anilines is 1. The second-order valence-corrected chi connectivity index (χ2v) is 5.81. The molecule has 0 bridgehead atoms. The third-order valence-corrected chi connectivity index (χ3v) is 4.18. The van der Waals surface area contributed by atoms with Gasteiger partial charge in [0.2, 0.25) is 0 Å². The van der Waals surface area contributed by atoms with E-state index < -0.39 is 10.8 Å². The number of halogens is 1. The minimum absolute atomic E-state index is 0.0522. The fourth-order valence-electron chi connectivity index (χ4n) is 2.45. The monoisotopic (exact) mass is 375 g/mol. The molecule has 0 aromatic heterocycles. The number of para-hydroxylation sites is 1. The fourth-order valence-corrected chi connectivity index (χ4v) is 2.63. The van der Waals surface area contributed by atoms with E-state index in [1.54, 1.807) is 29.2 Å². The molecular formula is C18H18ClN3O4. The molecule has 8 heteroatoms. The van der Waals surface area contributed by atoms with Crippen LogP contribution in [0, 0.1) is 10.1 Å². The van der Waals surface area contributed by atoms with Crippen molar-refractivity contribution in [1.82, 2.24) is 4.90 Å². The Morgan fingerprint density at radius 1 is 1.15 bits per heavy atom. The van der Waals surface area contributed by atoms with Gasteiger partial charge in [0, 0.05) is 24.7 Å².